The molecule has 62 valence electrons. The van der Waals surface area contributed by atoms with E-state index in [1.54, 1.807) is 7.11 Å². The Kier molecular flexibility index (Phi) is 2.74. The molecule has 0 N–H and O–H groups in total. The van der Waals surface area contributed by atoms with Crippen LogP contribution < -0.4 is 0 Å². The van der Waals surface area contributed by atoms with Gasteiger partial charge >= 0.3 is 0 Å². The van der Waals surface area contributed by atoms with Crippen LogP contribution in [-0.2, 0) is 4.74 Å². The summed E-state index contributed by atoms with van der Waals surface area (Å²) in [5.41, 5.74) is 2.35. The number of allylic oxidation sites excluding steroid dienone is 2. The van der Waals surface area contributed by atoms with Gasteiger partial charge in [-0.15, -0.1) is 0 Å². The van der Waals surface area contributed by atoms with Crippen LogP contribution in [-0.4, -0.2) is 13.2 Å². The van der Waals surface area contributed by atoms with E-state index in [1.807, 2.05) is 13.8 Å². The maximum Gasteiger partial charge on any atom is 0.0795 e. The average Bonchev–Trinajstić information content (AvgIpc) is 1.99. The Hall–Kier alpha value is -0.270. The second-order valence-electron chi connectivity index (χ2n) is 2.92. The molecule has 0 aromatic carbocycles. The molecule has 0 amide bonds. The highest BCUT2D eigenvalue weighted by molar-refractivity contribution is 6.32. The van der Waals surface area contributed by atoms with Crippen molar-refractivity contribution in [1.29, 1.82) is 0 Å². The standard InChI is InChI=1S/C9H13ClO/c1-6-4-8(11-3)5-7(2)9(6)10/h4,8H,5H2,1-3H3. The zero-order valence-corrected chi connectivity index (χ0v) is 7.90. The van der Waals surface area contributed by atoms with E-state index in [4.69, 9.17) is 16.3 Å². The monoisotopic (exact) mass is 172 g/mol. The lowest BCUT2D eigenvalue weighted by molar-refractivity contribution is 0.139. The molecule has 0 radical (unpaired) electrons. The average molecular weight is 173 g/mol. The molecule has 1 aliphatic rings. The summed E-state index contributed by atoms with van der Waals surface area (Å²) < 4.78 is 5.21. The predicted octanol–water partition coefficient (Wildman–Crippen LogP) is 2.86. The number of rotatable bonds is 1. The van der Waals surface area contributed by atoms with Crippen molar-refractivity contribution in [1.82, 2.24) is 0 Å². The minimum Gasteiger partial charge on any atom is -0.377 e. The van der Waals surface area contributed by atoms with Crippen LogP contribution >= 0.6 is 11.6 Å². The molecule has 1 atom stereocenters. The lowest BCUT2D eigenvalue weighted by Gasteiger charge is -2.19. The Morgan fingerprint density at radius 3 is 2.64 bits per heavy atom. The van der Waals surface area contributed by atoms with Gasteiger partial charge in [-0.1, -0.05) is 23.3 Å². The first-order valence-electron chi connectivity index (χ1n) is 3.72. The molecule has 0 saturated heterocycles. The molecule has 1 aliphatic carbocycles. The smallest absolute Gasteiger partial charge is 0.0795 e. The van der Waals surface area contributed by atoms with Crippen molar-refractivity contribution < 1.29 is 4.74 Å². The van der Waals surface area contributed by atoms with Crippen molar-refractivity contribution in [3.63, 3.8) is 0 Å². The number of ether oxygens (including phenoxy) is 1. The van der Waals surface area contributed by atoms with Gasteiger partial charge in [-0.3, -0.25) is 0 Å². The first kappa shape index (κ1) is 8.82. The molecular weight excluding hydrogens is 160 g/mol. The summed E-state index contributed by atoms with van der Waals surface area (Å²) in [6.07, 6.45) is 3.21. The van der Waals surface area contributed by atoms with Crippen molar-refractivity contribution in [2.45, 2.75) is 26.4 Å². The Morgan fingerprint density at radius 2 is 2.18 bits per heavy atom. The second-order valence-corrected chi connectivity index (χ2v) is 3.30. The van der Waals surface area contributed by atoms with Gasteiger partial charge in [0.25, 0.3) is 0 Å². The summed E-state index contributed by atoms with van der Waals surface area (Å²) in [7, 11) is 1.72. The number of halogens is 1. The van der Waals surface area contributed by atoms with Gasteiger partial charge in [0.1, 0.15) is 0 Å². The molecule has 0 spiro atoms. The van der Waals surface area contributed by atoms with Crippen LogP contribution in [0.1, 0.15) is 20.3 Å². The van der Waals surface area contributed by atoms with Crippen LogP contribution in [0, 0.1) is 0 Å². The van der Waals surface area contributed by atoms with Crippen molar-refractivity contribution >= 4 is 11.6 Å². The topological polar surface area (TPSA) is 9.23 Å². The van der Waals surface area contributed by atoms with E-state index in [1.165, 1.54) is 5.57 Å². The molecule has 0 aromatic heterocycles. The van der Waals surface area contributed by atoms with Crippen molar-refractivity contribution in [3.8, 4) is 0 Å². The van der Waals surface area contributed by atoms with Crippen LogP contribution in [0.4, 0.5) is 0 Å². The molecule has 0 heterocycles. The maximum atomic E-state index is 6.00. The Balaban J connectivity index is 2.82. The second kappa shape index (κ2) is 3.42. The van der Waals surface area contributed by atoms with Crippen LogP contribution in [0.15, 0.2) is 22.3 Å². The third kappa shape index (κ3) is 1.85. The summed E-state index contributed by atoms with van der Waals surface area (Å²) in [6, 6.07) is 0. The number of methoxy groups -OCH3 is 1. The van der Waals surface area contributed by atoms with Crippen molar-refractivity contribution in [3.05, 3.63) is 22.3 Å². The Labute approximate surface area is 72.7 Å². The van der Waals surface area contributed by atoms with Crippen molar-refractivity contribution in [2.75, 3.05) is 7.11 Å². The van der Waals surface area contributed by atoms with E-state index in [0.717, 1.165) is 17.0 Å². The molecule has 0 aliphatic heterocycles. The third-order valence-electron chi connectivity index (χ3n) is 1.97. The van der Waals surface area contributed by atoms with Gasteiger partial charge in [0.15, 0.2) is 0 Å². The largest absolute Gasteiger partial charge is 0.377 e. The highest BCUT2D eigenvalue weighted by atomic mass is 35.5. The van der Waals surface area contributed by atoms with Crippen molar-refractivity contribution in [2.24, 2.45) is 0 Å². The number of hydrogen-bond acceptors (Lipinski definition) is 1. The quantitative estimate of drug-likeness (QED) is 0.591. The minimum atomic E-state index is 0.220. The zero-order valence-electron chi connectivity index (χ0n) is 7.15. The molecule has 0 bridgehead atoms. The van der Waals surface area contributed by atoms with E-state index in [2.05, 4.69) is 6.08 Å². The Morgan fingerprint density at radius 1 is 1.55 bits per heavy atom. The van der Waals surface area contributed by atoms with Crippen LogP contribution in [0.2, 0.25) is 0 Å². The molecule has 11 heavy (non-hydrogen) atoms. The van der Waals surface area contributed by atoms with E-state index in [0.29, 0.717) is 0 Å². The number of hydrogen-bond donors (Lipinski definition) is 0. The van der Waals surface area contributed by atoms with E-state index in [9.17, 15) is 0 Å². The molecule has 0 fully saturated rings. The molecule has 1 nitrogen and oxygen atoms in total. The summed E-state index contributed by atoms with van der Waals surface area (Å²) in [5.74, 6) is 0. The fourth-order valence-electron chi connectivity index (χ4n) is 1.29. The lowest BCUT2D eigenvalue weighted by atomic mass is 9.99. The van der Waals surface area contributed by atoms with Crippen LogP contribution in [0.3, 0.4) is 0 Å². The molecule has 1 unspecified atom stereocenters. The van der Waals surface area contributed by atoms with Gasteiger partial charge < -0.3 is 4.74 Å². The fourth-order valence-corrected chi connectivity index (χ4v) is 1.43. The van der Waals surface area contributed by atoms with Gasteiger partial charge in [0, 0.05) is 12.1 Å². The van der Waals surface area contributed by atoms with Gasteiger partial charge in [-0.05, 0) is 25.8 Å². The lowest BCUT2D eigenvalue weighted by Crippen LogP contribution is -2.12. The highest BCUT2D eigenvalue weighted by Gasteiger charge is 2.14. The molecular formula is C9H13ClO. The maximum absolute atomic E-state index is 6.00. The molecule has 1 rings (SSSR count). The molecule has 0 aromatic rings. The van der Waals surface area contributed by atoms with Crippen LogP contribution in [0.5, 0.6) is 0 Å². The molecule has 0 saturated carbocycles. The SMILES string of the molecule is COC1C=C(C)C(Cl)=C(C)C1. The summed E-state index contributed by atoms with van der Waals surface area (Å²) in [4.78, 5) is 0. The fraction of sp³-hybridized carbons (Fsp3) is 0.556. The first-order valence-corrected chi connectivity index (χ1v) is 4.09. The van der Waals surface area contributed by atoms with Gasteiger partial charge in [-0.2, -0.15) is 0 Å². The summed E-state index contributed by atoms with van der Waals surface area (Å²) in [5, 5.41) is 0.901. The van der Waals surface area contributed by atoms with E-state index < -0.39 is 0 Å². The van der Waals surface area contributed by atoms with E-state index >= 15 is 0 Å². The zero-order chi connectivity index (χ0) is 8.43. The summed E-state index contributed by atoms with van der Waals surface area (Å²) in [6.45, 7) is 4.06. The Bertz CT molecular complexity index is 216. The normalized spacial score (nSPS) is 25.5. The summed E-state index contributed by atoms with van der Waals surface area (Å²) >= 11 is 6.00. The highest BCUT2D eigenvalue weighted by Crippen LogP contribution is 2.28. The third-order valence-corrected chi connectivity index (χ3v) is 2.59. The van der Waals surface area contributed by atoms with Crippen LogP contribution in [0.25, 0.3) is 0 Å². The predicted molar refractivity (Wildman–Crippen MR) is 47.7 cm³/mol. The van der Waals surface area contributed by atoms with Gasteiger partial charge in [-0.25, -0.2) is 0 Å². The van der Waals surface area contributed by atoms with Gasteiger partial charge in [0.05, 0.1) is 6.10 Å². The first-order chi connectivity index (χ1) is 5.15. The van der Waals surface area contributed by atoms with Gasteiger partial charge in [0.2, 0.25) is 0 Å². The molecule has 2 heteroatoms. The minimum absolute atomic E-state index is 0.220. The van der Waals surface area contributed by atoms with E-state index in [-0.39, 0.29) is 6.10 Å².